The lowest BCUT2D eigenvalue weighted by Gasteiger charge is -2.39. The van der Waals surface area contributed by atoms with Gasteiger partial charge in [-0.25, -0.2) is 0 Å². The van der Waals surface area contributed by atoms with E-state index in [0.29, 0.717) is 19.8 Å². The molecule has 0 saturated carbocycles. The number of carbonyl (C=O) groups is 1. The Balaban J connectivity index is 1.45. The lowest BCUT2D eigenvalue weighted by molar-refractivity contribution is -0.136. The van der Waals surface area contributed by atoms with E-state index >= 15 is 0 Å². The summed E-state index contributed by atoms with van der Waals surface area (Å²) in [4.78, 5) is 20.0. The van der Waals surface area contributed by atoms with E-state index in [2.05, 4.69) is 4.98 Å². The molecule has 0 radical (unpaired) electrons. The molecule has 1 amide bonds. The molecular weight excluding hydrogens is 306 g/mol. The maximum atomic E-state index is 12.1. The highest BCUT2D eigenvalue weighted by Gasteiger charge is 2.43. The van der Waals surface area contributed by atoms with Gasteiger partial charge in [0.25, 0.3) is 0 Å². The van der Waals surface area contributed by atoms with Crippen molar-refractivity contribution in [3.8, 4) is 0 Å². The molecule has 2 aliphatic rings. The summed E-state index contributed by atoms with van der Waals surface area (Å²) in [5, 5.41) is 0. The van der Waals surface area contributed by atoms with Gasteiger partial charge in [0.15, 0.2) is 0 Å². The van der Waals surface area contributed by atoms with Crippen LogP contribution in [0.15, 0.2) is 24.5 Å². The van der Waals surface area contributed by atoms with E-state index in [0.717, 1.165) is 37.9 Å². The molecule has 2 fully saturated rings. The van der Waals surface area contributed by atoms with Gasteiger partial charge in [0.2, 0.25) is 5.91 Å². The Kier molecular flexibility index (Phi) is 5.48. The van der Waals surface area contributed by atoms with Crippen molar-refractivity contribution < 1.29 is 14.3 Å². The van der Waals surface area contributed by atoms with Crippen molar-refractivity contribution in [2.75, 3.05) is 40.3 Å². The topological polar surface area (TPSA) is 54.9 Å². The summed E-state index contributed by atoms with van der Waals surface area (Å²) in [7, 11) is 3.85. The number of aromatic nitrogens is 1. The van der Waals surface area contributed by atoms with Gasteiger partial charge in [0, 0.05) is 31.9 Å². The predicted molar refractivity (Wildman–Crippen MR) is 90.5 cm³/mol. The highest BCUT2D eigenvalue weighted by Crippen LogP contribution is 2.37. The molecule has 24 heavy (non-hydrogen) atoms. The Bertz CT molecular complexity index is 542. The number of piperidine rings is 1. The number of likely N-dealkylation sites (N-methyl/N-ethyl adjacent to an activating group) is 1. The molecule has 2 saturated heterocycles. The van der Waals surface area contributed by atoms with Crippen LogP contribution in [0, 0.1) is 0 Å². The number of hydrogen-bond donors (Lipinski definition) is 0. The summed E-state index contributed by atoms with van der Waals surface area (Å²) in [6.45, 7) is 3.29. The maximum Gasteiger partial charge on any atom is 0.236 e. The van der Waals surface area contributed by atoms with Crippen LogP contribution in [0.2, 0.25) is 0 Å². The molecule has 0 bridgehead atoms. The monoisotopic (exact) mass is 333 g/mol. The van der Waals surface area contributed by atoms with Crippen LogP contribution in [0.1, 0.15) is 24.8 Å². The van der Waals surface area contributed by atoms with E-state index in [1.165, 1.54) is 0 Å². The second-order valence-electron chi connectivity index (χ2n) is 7.11. The SMILES string of the molecule is CN(C)CC(=O)N1CCC2(CC1)C[C@H](OCc1ccncc1)CO2. The Hall–Kier alpha value is -1.50. The van der Waals surface area contributed by atoms with E-state index in [1.54, 1.807) is 12.4 Å². The molecular formula is C18H27N3O3. The number of amides is 1. The molecule has 1 atom stereocenters. The van der Waals surface area contributed by atoms with Crippen molar-refractivity contribution in [3.63, 3.8) is 0 Å². The third kappa shape index (κ3) is 4.32. The predicted octanol–water partition coefficient (Wildman–Crippen LogP) is 1.31. The zero-order valence-electron chi connectivity index (χ0n) is 14.6. The van der Waals surface area contributed by atoms with Crippen LogP contribution in [-0.4, -0.2) is 72.7 Å². The summed E-state index contributed by atoms with van der Waals surface area (Å²) in [6, 6.07) is 3.95. The smallest absolute Gasteiger partial charge is 0.236 e. The molecule has 6 heteroatoms. The van der Waals surface area contributed by atoms with Crippen LogP contribution < -0.4 is 0 Å². The number of nitrogens with zero attached hydrogens (tertiary/aromatic N) is 3. The second-order valence-corrected chi connectivity index (χ2v) is 7.11. The zero-order valence-corrected chi connectivity index (χ0v) is 14.6. The lowest BCUT2D eigenvalue weighted by atomic mass is 9.88. The number of ether oxygens (including phenoxy) is 2. The lowest BCUT2D eigenvalue weighted by Crippen LogP contribution is -2.48. The quantitative estimate of drug-likeness (QED) is 0.813. The fourth-order valence-electron chi connectivity index (χ4n) is 3.49. The van der Waals surface area contributed by atoms with Gasteiger partial charge in [0.05, 0.1) is 31.5 Å². The molecule has 0 aliphatic carbocycles. The van der Waals surface area contributed by atoms with Crippen molar-refractivity contribution >= 4 is 5.91 Å². The maximum absolute atomic E-state index is 12.1. The van der Waals surface area contributed by atoms with Gasteiger partial charge >= 0.3 is 0 Å². The van der Waals surface area contributed by atoms with Crippen LogP contribution in [-0.2, 0) is 20.9 Å². The normalized spacial score (nSPS) is 23.1. The molecule has 1 aromatic rings. The van der Waals surface area contributed by atoms with Crippen molar-refractivity contribution in [1.82, 2.24) is 14.8 Å². The number of likely N-dealkylation sites (tertiary alicyclic amines) is 1. The van der Waals surface area contributed by atoms with Crippen LogP contribution in [0.5, 0.6) is 0 Å². The summed E-state index contributed by atoms with van der Waals surface area (Å²) >= 11 is 0. The molecule has 6 nitrogen and oxygen atoms in total. The molecule has 0 N–H and O–H groups in total. The van der Waals surface area contributed by atoms with E-state index in [-0.39, 0.29) is 17.6 Å². The molecule has 1 aromatic heterocycles. The Morgan fingerprint density at radius 3 is 2.75 bits per heavy atom. The minimum absolute atomic E-state index is 0.0994. The van der Waals surface area contributed by atoms with E-state index in [1.807, 2.05) is 36.0 Å². The van der Waals surface area contributed by atoms with E-state index in [4.69, 9.17) is 9.47 Å². The Morgan fingerprint density at radius 1 is 1.38 bits per heavy atom. The van der Waals surface area contributed by atoms with Gasteiger partial charge < -0.3 is 19.3 Å². The summed E-state index contributed by atoms with van der Waals surface area (Å²) in [5.41, 5.74) is 1.03. The third-order valence-corrected chi connectivity index (χ3v) is 4.89. The molecule has 3 rings (SSSR count). The third-order valence-electron chi connectivity index (χ3n) is 4.89. The molecule has 1 spiro atoms. The summed E-state index contributed by atoms with van der Waals surface area (Å²) in [5.74, 6) is 0.207. The average molecular weight is 333 g/mol. The highest BCUT2D eigenvalue weighted by molar-refractivity contribution is 5.78. The average Bonchev–Trinajstić information content (AvgIpc) is 2.97. The van der Waals surface area contributed by atoms with Gasteiger partial charge in [-0.05, 0) is 44.6 Å². The standard InChI is InChI=1S/C18H27N3O3/c1-20(2)12-17(22)21-9-5-18(6-10-21)11-16(14-24-18)23-13-15-3-7-19-8-4-15/h3-4,7-8,16H,5-6,9-14H2,1-2H3/t16-/m0/s1. The van der Waals surface area contributed by atoms with Gasteiger partial charge in [-0.2, -0.15) is 0 Å². The molecule has 2 aliphatic heterocycles. The van der Waals surface area contributed by atoms with Crippen LogP contribution >= 0.6 is 0 Å². The minimum Gasteiger partial charge on any atom is -0.372 e. The van der Waals surface area contributed by atoms with Crippen LogP contribution in [0.25, 0.3) is 0 Å². The minimum atomic E-state index is -0.0994. The van der Waals surface area contributed by atoms with Crippen LogP contribution in [0.4, 0.5) is 0 Å². The largest absolute Gasteiger partial charge is 0.372 e. The zero-order chi connectivity index (χ0) is 17.0. The molecule has 3 heterocycles. The first-order valence-corrected chi connectivity index (χ1v) is 8.63. The van der Waals surface area contributed by atoms with Crippen molar-refractivity contribution in [2.45, 2.75) is 37.6 Å². The summed E-state index contributed by atoms with van der Waals surface area (Å²) in [6.07, 6.45) is 6.44. The highest BCUT2D eigenvalue weighted by atomic mass is 16.6. The van der Waals surface area contributed by atoms with E-state index in [9.17, 15) is 4.79 Å². The van der Waals surface area contributed by atoms with Crippen molar-refractivity contribution in [2.24, 2.45) is 0 Å². The number of hydrogen-bond acceptors (Lipinski definition) is 5. The van der Waals surface area contributed by atoms with Crippen molar-refractivity contribution in [1.29, 1.82) is 0 Å². The van der Waals surface area contributed by atoms with E-state index < -0.39 is 0 Å². The first-order valence-electron chi connectivity index (χ1n) is 8.63. The molecule has 132 valence electrons. The first kappa shape index (κ1) is 17.3. The number of carbonyl (C=O) groups excluding carboxylic acids is 1. The fourth-order valence-corrected chi connectivity index (χ4v) is 3.49. The van der Waals surface area contributed by atoms with Crippen molar-refractivity contribution in [3.05, 3.63) is 30.1 Å². The summed E-state index contributed by atoms with van der Waals surface area (Å²) < 4.78 is 12.1. The van der Waals surface area contributed by atoms with Gasteiger partial charge in [-0.3, -0.25) is 9.78 Å². The second kappa shape index (κ2) is 7.59. The first-order chi connectivity index (χ1) is 11.6. The fraction of sp³-hybridized carbons (Fsp3) is 0.667. The molecule has 0 unspecified atom stereocenters. The van der Waals surface area contributed by atoms with Gasteiger partial charge in [-0.1, -0.05) is 0 Å². The van der Waals surface area contributed by atoms with Gasteiger partial charge in [-0.15, -0.1) is 0 Å². The number of rotatable bonds is 5. The Morgan fingerprint density at radius 2 is 2.08 bits per heavy atom. The van der Waals surface area contributed by atoms with Gasteiger partial charge in [0.1, 0.15) is 0 Å². The Labute approximate surface area is 143 Å². The molecule has 0 aromatic carbocycles. The van der Waals surface area contributed by atoms with Crippen LogP contribution in [0.3, 0.4) is 0 Å². The number of pyridine rings is 1.